The lowest BCUT2D eigenvalue weighted by Gasteiger charge is -2.56. The average molecular weight is 330 g/mol. The summed E-state index contributed by atoms with van der Waals surface area (Å²) in [6.45, 7) is 6.17. The predicted octanol–water partition coefficient (Wildman–Crippen LogP) is 3.69. The highest BCUT2D eigenvalue weighted by Gasteiger charge is 2.62. The van der Waals surface area contributed by atoms with Crippen molar-refractivity contribution >= 4 is 11.6 Å². The number of fused-ring (bicyclic) bond motifs is 5. The van der Waals surface area contributed by atoms with Gasteiger partial charge in [-0.25, -0.2) is 0 Å². The van der Waals surface area contributed by atoms with Crippen molar-refractivity contribution in [1.29, 1.82) is 0 Å². The van der Waals surface area contributed by atoms with Crippen LogP contribution in [0.4, 0.5) is 0 Å². The van der Waals surface area contributed by atoms with Crippen LogP contribution in [0.1, 0.15) is 65.7 Å². The van der Waals surface area contributed by atoms with Crippen molar-refractivity contribution in [2.75, 3.05) is 0 Å². The van der Waals surface area contributed by atoms with E-state index >= 15 is 0 Å². The molecule has 0 aromatic carbocycles. The highest BCUT2D eigenvalue weighted by Crippen LogP contribution is 2.65. The maximum Gasteiger partial charge on any atom is 0.137 e. The first kappa shape index (κ1) is 16.5. The number of aliphatic hydroxyl groups excluding tert-OH is 1. The maximum absolute atomic E-state index is 13.3. The number of Topliss-reactive ketones (excluding diaryl/α,β-unsaturated/α-hetero) is 2. The van der Waals surface area contributed by atoms with E-state index in [-0.39, 0.29) is 34.6 Å². The summed E-state index contributed by atoms with van der Waals surface area (Å²) in [5.41, 5.74) is 1.13. The van der Waals surface area contributed by atoms with Crippen LogP contribution in [-0.2, 0) is 9.59 Å². The van der Waals surface area contributed by atoms with Gasteiger partial charge in [0.25, 0.3) is 0 Å². The molecule has 1 N–H and O–H groups in total. The van der Waals surface area contributed by atoms with Crippen molar-refractivity contribution in [2.24, 2.45) is 34.5 Å². The molecule has 4 aliphatic carbocycles. The second kappa shape index (κ2) is 5.27. The molecular formula is C21H30O3. The largest absolute Gasteiger partial charge is 0.393 e. The molecule has 3 fully saturated rings. The molecule has 1 unspecified atom stereocenters. The van der Waals surface area contributed by atoms with Gasteiger partial charge < -0.3 is 5.11 Å². The van der Waals surface area contributed by atoms with E-state index in [2.05, 4.69) is 19.9 Å². The van der Waals surface area contributed by atoms with E-state index in [1.54, 1.807) is 6.92 Å². The number of hydrogen-bond donors (Lipinski definition) is 1. The van der Waals surface area contributed by atoms with E-state index in [0.717, 1.165) is 38.5 Å². The molecule has 0 aromatic heterocycles. The highest BCUT2D eigenvalue weighted by atomic mass is 16.3. The van der Waals surface area contributed by atoms with Gasteiger partial charge >= 0.3 is 0 Å². The lowest BCUT2D eigenvalue weighted by molar-refractivity contribution is -0.146. The zero-order valence-electron chi connectivity index (χ0n) is 15.2. The summed E-state index contributed by atoms with van der Waals surface area (Å²) < 4.78 is 0. The second-order valence-electron chi connectivity index (χ2n) is 9.42. The molecule has 7 atom stereocenters. The van der Waals surface area contributed by atoms with E-state index < -0.39 is 0 Å². The number of allylic oxidation sites excluding steroid dienone is 1. The zero-order valence-corrected chi connectivity index (χ0v) is 15.2. The minimum Gasteiger partial charge on any atom is -0.393 e. The molecule has 0 heterocycles. The van der Waals surface area contributed by atoms with E-state index in [0.29, 0.717) is 24.0 Å². The van der Waals surface area contributed by atoms with Crippen LogP contribution in [0.3, 0.4) is 0 Å². The first-order chi connectivity index (χ1) is 11.3. The van der Waals surface area contributed by atoms with Crippen LogP contribution in [0.25, 0.3) is 0 Å². The summed E-state index contributed by atoms with van der Waals surface area (Å²) in [7, 11) is 0. The Balaban J connectivity index is 1.73. The van der Waals surface area contributed by atoms with Gasteiger partial charge in [-0.15, -0.1) is 0 Å². The van der Waals surface area contributed by atoms with Crippen molar-refractivity contribution in [3.63, 3.8) is 0 Å². The molecule has 3 heteroatoms. The molecule has 0 aliphatic heterocycles. The molecule has 0 spiro atoms. The van der Waals surface area contributed by atoms with Crippen LogP contribution in [0, 0.1) is 34.5 Å². The zero-order chi connectivity index (χ0) is 17.3. The van der Waals surface area contributed by atoms with E-state index in [1.165, 1.54) is 5.57 Å². The number of rotatable bonds is 1. The van der Waals surface area contributed by atoms with Gasteiger partial charge in [0.2, 0.25) is 0 Å². The molecule has 3 saturated carbocycles. The van der Waals surface area contributed by atoms with Gasteiger partial charge in [-0.1, -0.05) is 25.5 Å². The second-order valence-corrected chi connectivity index (χ2v) is 9.42. The van der Waals surface area contributed by atoms with Gasteiger partial charge in [0.15, 0.2) is 0 Å². The van der Waals surface area contributed by atoms with Crippen LogP contribution in [0.2, 0.25) is 0 Å². The third kappa shape index (κ3) is 2.06. The molecular weight excluding hydrogens is 300 g/mol. The molecule has 0 saturated heterocycles. The number of carbonyl (C=O) groups excluding carboxylic acids is 2. The Hall–Kier alpha value is -0.960. The van der Waals surface area contributed by atoms with Crippen LogP contribution < -0.4 is 0 Å². The third-order valence-corrected chi connectivity index (χ3v) is 8.26. The number of ketones is 2. The minimum absolute atomic E-state index is 0.0606. The number of carbonyl (C=O) groups is 2. The van der Waals surface area contributed by atoms with Crippen LogP contribution >= 0.6 is 0 Å². The topological polar surface area (TPSA) is 54.4 Å². The summed E-state index contributed by atoms with van der Waals surface area (Å²) in [6.07, 6.45) is 8.16. The van der Waals surface area contributed by atoms with Crippen molar-refractivity contribution < 1.29 is 14.7 Å². The Morgan fingerprint density at radius 1 is 1.25 bits per heavy atom. The maximum atomic E-state index is 13.3. The Kier molecular flexibility index (Phi) is 3.62. The van der Waals surface area contributed by atoms with Crippen molar-refractivity contribution in [2.45, 2.75) is 71.8 Å². The fourth-order valence-corrected chi connectivity index (χ4v) is 7.14. The van der Waals surface area contributed by atoms with Crippen LogP contribution in [0.15, 0.2) is 11.6 Å². The van der Waals surface area contributed by atoms with Crippen LogP contribution in [0.5, 0.6) is 0 Å². The molecule has 0 aromatic rings. The minimum atomic E-state index is -0.238. The average Bonchev–Trinajstić information content (AvgIpc) is 2.84. The Morgan fingerprint density at radius 3 is 2.71 bits per heavy atom. The third-order valence-electron chi connectivity index (χ3n) is 8.26. The van der Waals surface area contributed by atoms with Gasteiger partial charge in [-0.05, 0) is 68.1 Å². The van der Waals surface area contributed by atoms with Gasteiger partial charge in [0.1, 0.15) is 11.6 Å². The van der Waals surface area contributed by atoms with Gasteiger partial charge in [0, 0.05) is 18.3 Å². The summed E-state index contributed by atoms with van der Waals surface area (Å²) >= 11 is 0. The fourth-order valence-electron chi connectivity index (χ4n) is 7.14. The van der Waals surface area contributed by atoms with Crippen molar-refractivity contribution in [3.05, 3.63) is 11.6 Å². The lowest BCUT2D eigenvalue weighted by atomic mass is 9.47. The molecule has 0 radical (unpaired) electrons. The predicted molar refractivity (Wildman–Crippen MR) is 92.3 cm³/mol. The van der Waals surface area contributed by atoms with Gasteiger partial charge in [-0.3, -0.25) is 9.59 Å². The highest BCUT2D eigenvalue weighted by molar-refractivity contribution is 5.87. The first-order valence-electron chi connectivity index (χ1n) is 9.68. The lowest BCUT2D eigenvalue weighted by Crippen LogP contribution is -2.55. The van der Waals surface area contributed by atoms with Crippen molar-refractivity contribution in [1.82, 2.24) is 0 Å². The monoisotopic (exact) mass is 330 g/mol. The fraction of sp³-hybridized carbons (Fsp3) is 0.810. The molecule has 4 aliphatic rings. The van der Waals surface area contributed by atoms with Crippen molar-refractivity contribution in [3.8, 4) is 0 Å². The Bertz CT molecular complexity index is 621. The smallest absolute Gasteiger partial charge is 0.137 e. The number of aliphatic hydroxyl groups is 1. The van der Waals surface area contributed by atoms with Crippen LogP contribution in [-0.4, -0.2) is 22.8 Å². The summed E-state index contributed by atoms with van der Waals surface area (Å²) in [5.74, 6) is 1.72. The molecule has 0 amide bonds. The van der Waals surface area contributed by atoms with E-state index in [9.17, 15) is 14.7 Å². The summed E-state index contributed by atoms with van der Waals surface area (Å²) in [5, 5.41) is 10.0. The molecule has 4 rings (SSSR count). The molecule has 0 bridgehead atoms. The summed E-state index contributed by atoms with van der Waals surface area (Å²) in [6, 6.07) is 0. The molecule has 3 nitrogen and oxygen atoms in total. The number of hydrogen-bond acceptors (Lipinski definition) is 3. The van der Waals surface area contributed by atoms with Gasteiger partial charge in [0.05, 0.1) is 6.10 Å². The van der Waals surface area contributed by atoms with Gasteiger partial charge in [-0.2, -0.15) is 0 Å². The Labute approximate surface area is 144 Å². The first-order valence-corrected chi connectivity index (χ1v) is 9.68. The SMILES string of the molecule is CC(=O)[C@H]1CC[C@H]2[C@@H]3CC=C4CC(O)CC[C@]4(C)[C@H]3C(=O)C[C@]12C. The molecule has 24 heavy (non-hydrogen) atoms. The molecule has 132 valence electrons. The standard InChI is InChI=1S/C21H30O3/c1-12(22)16-6-7-17-15-5-4-13-10-14(23)8-9-20(13,2)19(15)18(24)11-21(16,17)3/h4,14-17,19,23H,5-11H2,1-3H3/t14?,15-,16+,17-,19+,20-,21+/m0/s1. The van der Waals surface area contributed by atoms with E-state index in [1.807, 2.05) is 0 Å². The Morgan fingerprint density at radius 2 is 2.00 bits per heavy atom. The van der Waals surface area contributed by atoms with E-state index in [4.69, 9.17) is 0 Å². The summed E-state index contributed by atoms with van der Waals surface area (Å²) in [4.78, 5) is 25.4. The normalized spacial score (nSPS) is 50.6. The quantitative estimate of drug-likeness (QED) is 0.746.